The van der Waals surface area contributed by atoms with E-state index < -0.39 is 11.9 Å². The first-order valence-corrected chi connectivity index (χ1v) is 18.4. The Balaban J connectivity index is 1.16. The van der Waals surface area contributed by atoms with E-state index in [4.69, 9.17) is 18.9 Å². The Labute approximate surface area is 324 Å². The van der Waals surface area contributed by atoms with Gasteiger partial charge in [-0.25, -0.2) is 9.59 Å². The Morgan fingerprint density at radius 3 is 1.27 bits per heavy atom. The predicted molar refractivity (Wildman–Crippen MR) is 218 cm³/mol. The normalized spacial score (nSPS) is 14.1. The van der Waals surface area contributed by atoms with Crippen molar-refractivity contribution in [1.82, 2.24) is 0 Å². The van der Waals surface area contributed by atoms with Gasteiger partial charge >= 0.3 is 11.9 Å². The largest absolute Gasteiger partial charge is 0.492 e. The molecule has 1 aliphatic carbocycles. The topological polar surface area (TPSA) is 77.5 Å². The summed E-state index contributed by atoms with van der Waals surface area (Å²) in [5.74, 6) is -0.376. The number of anilines is 5. The number of rotatable bonds is 10. The fraction of sp³-hybridized carbons (Fsp3) is 0.0833. The lowest BCUT2D eigenvalue weighted by molar-refractivity contribution is -0.128. The molecule has 6 aromatic carbocycles. The minimum absolute atomic E-state index is 0.168. The number of allylic oxidation sites excluding steroid dienone is 3. The van der Waals surface area contributed by atoms with Gasteiger partial charge in [0.2, 0.25) is 0 Å². The van der Waals surface area contributed by atoms with Gasteiger partial charge in [-0.3, -0.25) is 0 Å². The van der Waals surface area contributed by atoms with E-state index in [1.807, 2.05) is 127 Å². The Bertz CT molecular complexity index is 2630. The van der Waals surface area contributed by atoms with Crippen molar-refractivity contribution < 1.29 is 28.5 Å². The van der Waals surface area contributed by atoms with Crippen LogP contribution in [-0.2, 0) is 9.59 Å². The zero-order chi connectivity index (χ0) is 38.2. The summed E-state index contributed by atoms with van der Waals surface area (Å²) in [4.78, 5) is 32.0. The maximum atomic E-state index is 13.8. The van der Waals surface area contributed by atoms with E-state index in [1.165, 1.54) is 14.2 Å². The molecule has 0 N–H and O–H groups in total. The molecule has 8 nitrogen and oxygen atoms in total. The van der Waals surface area contributed by atoms with Crippen LogP contribution in [0.2, 0.25) is 0 Å². The summed E-state index contributed by atoms with van der Waals surface area (Å²) in [5, 5.41) is 0.727. The maximum absolute atomic E-state index is 13.8. The monoisotopic (exact) mass is 736 g/mol. The molecule has 2 aliphatic heterocycles. The summed E-state index contributed by atoms with van der Waals surface area (Å²) >= 11 is 0. The van der Waals surface area contributed by atoms with Crippen molar-refractivity contribution in [3.8, 4) is 23.0 Å². The van der Waals surface area contributed by atoms with Crippen LogP contribution in [0.5, 0.6) is 23.0 Å². The number of carbonyl (C=O) groups excluding carboxylic acids is 2. The summed E-state index contributed by atoms with van der Waals surface area (Å²) in [6.07, 6.45) is 8.49. The first-order valence-electron chi connectivity index (χ1n) is 18.4. The highest BCUT2D eigenvalue weighted by atomic mass is 16.6. The average molecular weight is 737 g/mol. The van der Waals surface area contributed by atoms with Crippen LogP contribution < -0.4 is 39.2 Å². The molecular formula is C48H36N2O6. The number of hydrogen-bond acceptors (Lipinski definition) is 8. The quantitative estimate of drug-likeness (QED) is 0.102. The fourth-order valence-electron chi connectivity index (χ4n) is 7.66. The number of carbonyl (C=O) groups is 2. The third-order valence-corrected chi connectivity index (χ3v) is 10.1. The van der Waals surface area contributed by atoms with E-state index in [9.17, 15) is 9.59 Å². The van der Waals surface area contributed by atoms with Crippen LogP contribution in [0.1, 0.15) is 24.0 Å². The van der Waals surface area contributed by atoms with Crippen molar-refractivity contribution in [2.24, 2.45) is 0 Å². The maximum Gasteiger partial charge on any atom is 0.345 e. The summed E-state index contributed by atoms with van der Waals surface area (Å²) in [7, 11) is 2.97. The van der Waals surface area contributed by atoms with Crippen LogP contribution in [0.3, 0.4) is 0 Å². The second kappa shape index (κ2) is 14.5. The lowest BCUT2D eigenvalue weighted by atomic mass is 9.99. The van der Waals surface area contributed by atoms with Crippen molar-refractivity contribution in [3.05, 3.63) is 185 Å². The minimum atomic E-state index is -0.569. The van der Waals surface area contributed by atoms with Crippen LogP contribution in [-0.4, -0.2) is 26.2 Å². The van der Waals surface area contributed by atoms with Crippen molar-refractivity contribution in [3.63, 3.8) is 0 Å². The molecule has 56 heavy (non-hydrogen) atoms. The van der Waals surface area contributed by atoms with Gasteiger partial charge in [-0.1, -0.05) is 91.0 Å². The molecule has 0 unspecified atom stereocenters. The Kier molecular flexibility index (Phi) is 8.91. The van der Waals surface area contributed by atoms with Crippen molar-refractivity contribution in [1.29, 1.82) is 0 Å². The van der Waals surface area contributed by atoms with E-state index in [2.05, 4.69) is 40.2 Å². The summed E-state index contributed by atoms with van der Waals surface area (Å²) in [6.45, 7) is 0. The number of ether oxygens (including phenoxy) is 4. The third-order valence-electron chi connectivity index (χ3n) is 10.1. The molecule has 0 saturated carbocycles. The number of fused-ring (bicyclic) bond motifs is 2. The predicted octanol–water partition coefficient (Wildman–Crippen LogP) is 8.78. The van der Waals surface area contributed by atoms with E-state index in [0.717, 1.165) is 47.0 Å². The number of para-hydroxylation sites is 3. The molecule has 0 radical (unpaired) electrons. The minimum Gasteiger partial charge on any atom is -0.492 e. The number of nitrogens with zero attached hydrogens (tertiary/aromatic N) is 2. The van der Waals surface area contributed by atoms with Gasteiger partial charge in [0.1, 0.15) is 0 Å². The lowest BCUT2D eigenvalue weighted by Gasteiger charge is -2.27. The average Bonchev–Trinajstić information content (AvgIpc) is 3.78. The van der Waals surface area contributed by atoms with Gasteiger partial charge < -0.3 is 28.7 Å². The van der Waals surface area contributed by atoms with Gasteiger partial charge in [-0.15, -0.1) is 0 Å². The molecule has 0 atom stereocenters. The van der Waals surface area contributed by atoms with Crippen molar-refractivity contribution in [2.45, 2.75) is 12.8 Å². The van der Waals surface area contributed by atoms with E-state index in [0.29, 0.717) is 21.6 Å². The Morgan fingerprint density at radius 2 is 0.875 bits per heavy atom. The van der Waals surface area contributed by atoms with Crippen LogP contribution in [0.15, 0.2) is 163 Å². The number of benzene rings is 6. The SMILES string of the molecule is COc1c2c(c(OC)c3c1=C(c1ccc(N(C4=CCCC=C4)c4ccccc4)cc1)C(=O)O3)=C(c1ccc(N(c3ccccc3)c3ccccc3)cc1)C(=O)O2. The molecule has 274 valence electrons. The highest BCUT2D eigenvalue weighted by Gasteiger charge is 2.39. The molecule has 0 amide bonds. The second-order valence-corrected chi connectivity index (χ2v) is 13.4. The fourth-order valence-corrected chi connectivity index (χ4v) is 7.66. The van der Waals surface area contributed by atoms with Gasteiger partial charge in [0, 0.05) is 34.1 Å². The molecule has 0 saturated heterocycles. The molecule has 9 rings (SSSR count). The van der Waals surface area contributed by atoms with Gasteiger partial charge in [-0.05, 0) is 90.7 Å². The van der Waals surface area contributed by atoms with Crippen LogP contribution in [0, 0.1) is 0 Å². The van der Waals surface area contributed by atoms with Gasteiger partial charge in [0.05, 0.1) is 35.8 Å². The van der Waals surface area contributed by atoms with Gasteiger partial charge in [0.15, 0.2) is 23.0 Å². The molecule has 0 spiro atoms. The molecule has 0 fully saturated rings. The van der Waals surface area contributed by atoms with E-state index in [1.54, 1.807) is 0 Å². The van der Waals surface area contributed by atoms with Crippen LogP contribution >= 0.6 is 0 Å². The van der Waals surface area contributed by atoms with Gasteiger partial charge in [-0.2, -0.15) is 0 Å². The van der Waals surface area contributed by atoms with Crippen LogP contribution in [0.4, 0.5) is 28.4 Å². The zero-order valence-corrected chi connectivity index (χ0v) is 30.8. The molecule has 3 aliphatic rings. The highest BCUT2D eigenvalue weighted by molar-refractivity contribution is 6.22. The molecule has 6 aromatic rings. The third kappa shape index (κ3) is 5.88. The zero-order valence-electron chi connectivity index (χ0n) is 30.8. The highest BCUT2D eigenvalue weighted by Crippen LogP contribution is 2.41. The van der Waals surface area contributed by atoms with Crippen LogP contribution in [0.25, 0.3) is 11.1 Å². The standard InChI is InChI=1S/C48H36N2O6/c1-53-43-41-39(31-23-27-37(28-24-31)49(33-15-7-3-8-16-33)34-17-9-4-10-18-34)47(51)56-46(41)44(54-2)42-40(48(52)55-45(42)43)32-25-29-38(30-26-32)50(35-19-11-5-12-20-35)36-21-13-6-14-22-36/h3-5,7-13,15-30H,6,14H2,1-2H3. The Hall–Kier alpha value is -7.32. The van der Waals surface area contributed by atoms with E-state index in [-0.39, 0.29) is 34.1 Å². The molecular weight excluding hydrogens is 701 g/mol. The number of methoxy groups -OCH3 is 2. The molecule has 2 heterocycles. The summed E-state index contributed by atoms with van der Waals surface area (Å²) < 4.78 is 23.9. The summed E-state index contributed by atoms with van der Waals surface area (Å²) in [6, 6.07) is 45.7. The van der Waals surface area contributed by atoms with E-state index >= 15 is 0 Å². The molecule has 0 aromatic heterocycles. The number of hydrogen-bond donors (Lipinski definition) is 0. The van der Waals surface area contributed by atoms with Gasteiger partial charge in [0.25, 0.3) is 0 Å². The first-order chi connectivity index (χ1) is 27.6. The summed E-state index contributed by atoms with van der Waals surface area (Å²) in [5.41, 5.74) is 7.67. The Morgan fingerprint density at radius 1 is 0.482 bits per heavy atom. The lowest BCUT2D eigenvalue weighted by Crippen LogP contribution is -2.18. The number of esters is 2. The van der Waals surface area contributed by atoms with Crippen molar-refractivity contribution in [2.75, 3.05) is 24.0 Å². The first kappa shape index (κ1) is 34.4. The molecule has 0 bridgehead atoms. The molecule has 8 heteroatoms. The smallest absolute Gasteiger partial charge is 0.345 e. The van der Waals surface area contributed by atoms with Crippen molar-refractivity contribution >= 4 is 51.5 Å². The second-order valence-electron chi connectivity index (χ2n) is 13.4.